The van der Waals surface area contributed by atoms with E-state index in [0.29, 0.717) is 0 Å². The van der Waals surface area contributed by atoms with Crippen LogP contribution in [0, 0.1) is 11.8 Å². The van der Waals surface area contributed by atoms with Crippen molar-refractivity contribution in [1.29, 1.82) is 0 Å². The van der Waals surface area contributed by atoms with E-state index in [9.17, 15) is 0 Å². The molecule has 1 aliphatic heterocycles. The lowest BCUT2D eigenvalue weighted by Crippen LogP contribution is -2.61. The minimum Gasteiger partial charge on any atom is -0.311 e. The van der Waals surface area contributed by atoms with Gasteiger partial charge in [-0.3, -0.25) is 4.90 Å². The first-order chi connectivity index (χ1) is 8.29. The van der Waals surface area contributed by atoms with Gasteiger partial charge >= 0.3 is 0 Å². The van der Waals surface area contributed by atoms with Gasteiger partial charge in [-0.05, 0) is 50.9 Å². The van der Waals surface area contributed by atoms with Crippen molar-refractivity contribution in [2.45, 2.75) is 70.5 Å². The van der Waals surface area contributed by atoms with Gasteiger partial charge < -0.3 is 5.32 Å². The maximum atomic E-state index is 3.80. The third-order valence-corrected chi connectivity index (χ3v) is 5.51. The average Bonchev–Trinajstić information content (AvgIpc) is 3.09. The molecular weight excluding hydrogens is 208 g/mol. The van der Waals surface area contributed by atoms with Crippen LogP contribution in [-0.2, 0) is 0 Å². The van der Waals surface area contributed by atoms with E-state index in [1.54, 1.807) is 0 Å². The molecule has 3 rings (SSSR count). The van der Waals surface area contributed by atoms with Gasteiger partial charge in [0.2, 0.25) is 0 Å². The molecule has 1 heterocycles. The van der Waals surface area contributed by atoms with E-state index >= 15 is 0 Å². The Kier molecular flexibility index (Phi) is 3.45. The smallest absolute Gasteiger partial charge is 0.0224 e. The standard InChI is InChI=1S/C15H28N2/c1-3-14-9-16-15(13-7-8-13)10-17(14)11(2)12-5-4-6-12/h11-16H,3-10H2,1-2H3. The fourth-order valence-electron chi connectivity index (χ4n) is 3.73. The average molecular weight is 236 g/mol. The molecule has 2 saturated carbocycles. The molecule has 0 spiro atoms. The third-order valence-electron chi connectivity index (χ3n) is 5.51. The predicted molar refractivity (Wildman–Crippen MR) is 72.1 cm³/mol. The number of piperazine rings is 1. The summed E-state index contributed by atoms with van der Waals surface area (Å²) in [5.41, 5.74) is 0. The summed E-state index contributed by atoms with van der Waals surface area (Å²) in [6.07, 6.45) is 8.69. The molecule has 0 aromatic rings. The Morgan fingerprint density at radius 3 is 2.53 bits per heavy atom. The van der Waals surface area contributed by atoms with Crippen LogP contribution in [0.1, 0.15) is 52.4 Å². The summed E-state index contributed by atoms with van der Waals surface area (Å²) in [4.78, 5) is 2.85. The minimum absolute atomic E-state index is 0.792. The molecule has 3 fully saturated rings. The van der Waals surface area contributed by atoms with E-state index in [1.165, 1.54) is 51.6 Å². The zero-order valence-electron chi connectivity index (χ0n) is 11.5. The van der Waals surface area contributed by atoms with E-state index in [0.717, 1.165) is 30.0 Å². The number of nitrogens with one attached hydrogen (secondary N) is 1. The zero-order chi connectivity index (χ0) is 11.8. The van der Waals surface area contributed by atoms with E-state index in [1.807, 2.05) is 0 Å². The Morgan fingerprint density at radius 2 is 2.00 bits per heavy atom. The molecule has 2 nitrogen and oxygen atoms in total. The molecule has 0 radical (unpaired) electrons. The van der Waals surface area contributed by atoms with Gasteiger partial charge in [0.25, 0.3) is 0 Å². The highest BCUT2D eigenvalue weighted by Gasteiger charge is 2.40. The summed E-state index contributed by atoms with van der Waals surface area (Å²) in [6.45, 7) is 7.39. The highest BCUT2D eigenvalue weighted by molar-refractivity contribution is 4.97. The van der Waals surface area contributed by atoms with E-state index in [2.05, 4.69) is 24.1 Å². The van der Waals surface area contributed by atoms with Crippen LogP contribution in [0.5, 0.6) is 0 Å². The van der Waals surface area contributed by atoms with Gasteiger partial charge in [0, 0.05) is 31.2 Å². The number of hydrogen-bond acceptors (Lipinski definition) is 2. The van der Waals surface area contributed by atoms with Gasteiger partial charge in [0.15, 0.2) is 0 Å². The second-order valence-electron chi connectivity index (χ2n) is 6.54. The highest BCUT2D eigenvalue weighted by Crippen LogP contribution is 2.37. The van der Waals surface area contributed by atoms with Gasteiger partial charge in [-0.2, -0.15) is 0 Å². The molecule has 1 saturated heterocycles. The lowest BCUT2D eigenvalue weighted by atomic mass is 9.79. The third kappa shape index (κ3) is 2.39. The molecule has 3 unspecified atom stereocenters. The zero-order valence-corrected chi connectivity index (χ0v) is 11.5. The number of nitrogens with zero attached hydrogens (tertiary/aromatic N) is 1. The van der Waals surface area contributed by atoms with Crippen LogP contribution < -0.4 is 5.32 Å². The number of rotatable bonds is 4. The normalized spacial score (nSPS) is 37.8. The molecule has 3 atom stereocenters. The van der Waals surface area contributed by atoms with Crippen molar-refractivity contribution in [2.75, 3.05) is 13.1 Å². The summed E-state index contributed by atoms with van der Waals surface area (Å²) >= 11 is 0. The summed E-state index contributed by atoms with van der Waals surface area (Å²) in [6, 6.07) is 2.43. The Labute approximate surface area is 106 Å². The van der Waals surface area contributed by atoms with E-state index < -0.39 is 0 Å². The van der Waals surface area contributed by atoms with Crippen LogP contribution in [0.2, 0.25) is 0 Å². The minimum atomic E-state index is 0.792. The second-order valence-corrected chi connectivity index (χ2v) is 6.54. The van der Waals surface area contributed by atoms with Crippen molar-refractivity contribution in [3.8, 4) is 0 Å². The van der Waals surface area contributed by atoms with Crippen molar-refractivity contribution in [3.63, 3.8) is 0 Å². The fourth-order valence-corrected chi connectivity index (χ4v) is 3.73. The summed E-state index contributed by atoms with van der Waals surface area (Å²) in [5.74, 6) is 2.01. The Bertz CT molecular complexity index is 258. The topological polar surface area (TPSA) is 15.3 Å². The lowest BCUT2D eigenvalue weighted by molar-refractivity contribution is 0.0314. The first-order valence-electron chi connectivity index (χ1n) is 7.78. The lowest BCUT2D eigenvalue weighted by Gasteiger charge is -2.48. The van der Waals surface area contributed by atoms with Crippen LogP contribution in [-0.4, -0.2) is 36.1 Å². The molecule has 0 aromatic carbocycles. The highest BCUT2D eigenvalue weighted by atomic mass is 15.3. The van der Waals surface area contributed by atoms with Crippen LogP contribution >= 0.6 is 0 Å². The Hall–Kier alpha value is -0.0800. The largest absolute Gasteiger partial charge is 0.311 e. The molecule has 3 aliphatic rings. The van der Waals surface area contributed by atoms with Crippen molar-refractivity contribution >= 4 is 0 Å². The molecule has 0 aromatic heterocycles. The van der Waals surface area contributed by atoms with Crippen molar-refractivity contribution < 1.29 is 0 Å². The SMILES string of the molecule is CCC1CNC(C2CC2)CN1C(C)C1CCC1. The molecular formula is C15H28N2. The summed E-state index contributed by atoms with van der Waals surface area (Å²) in [7, 11) is 0. The van der Waals surface area contributed by atoms with Gasteiger partial charge in [-0.15, -0.1) is 0 Å². The van der Waals surface area contributed by atoms with Crippen LogP contribution in [0.4, 0.5) is 0 Å². The molecule has 0 bridgehead atoms. The maximum absolute atomic E-state index is 3.80. The van der Waals surface area contributed by atoms with Gasteiger partial charge in [0.1, 0.15) is 0 Å². The van der Waals surface area contributed by atoms with Crippen molar-refractivity contribution in [2.24, 2.45) is 11.8 Å². The maximum Gasteiger partial charge on any atom is 0.0224 e. The quantitative estimate of drug-likeness (QED) is 0.807. The molecule has 2 heteroatoms. The first-order valence-corrected chi connectivity index (χ1v) is 7.78. The molecule has 98 valence electrons. The predicted octanol–water partition coefficient (Wildman–Crippen LogP) is 2.64. The van der Waals surface area contributed by atoms with Gasteiger partial charge in [-0.1, -0.05) is 13.3 Å². The fraction of sp³-hybridized carbons (Fsp3) is 1.00. The van der Waals surface area contributed by atoms with Crippen molar-refractivity contribution in [1.82, 2.24) is 10.2 Å². The van der Waals surface area contributed by atoms with Crippen LogP contribution in [0.25, 0.3) is 0 Å². The van der Waals surface area contributed by atoms with Gasteiger partial charge in [-0.25, -0.2) is 0 Å². The summed E-state index contributed by atoms with van der Waals surface area (Å²) in [5, 5.41) is 3.80. The first kappa shape index (κ1) is 12.0. The van der Waals surface area contributed by atoms with Crippen LogP contribution in [0.15, 0.2) is 0 Å². The Morgan fingerprint density at radius 1 is 1.24 bits per heavy atom. The monoisotopic (exact) mass is 236 g/mol. The van der Waals surface area contributed by atoms with E-state index in [-0.39, 0.29) is 0 Å². The second kappa shape index (κ2) is 4.89. The van der Waals surface area contributed by atoms with E-state index in [4.69, 9.17) is 0 Å². The summed E-state index contributed by atoms with van der Waals surface area (Å²) < 4.78 is 0. The van der Waals surface area contributed by atoms with Gasteiger partial charge in [0.05, 0.1) is 0 Å². The molecule has 2 aliphatic carbocycles. The molecule has 1 N–H and O–H groups in total. The molecule has 0 amide bonds. The Balaban J connectivity index is 1.63. The molecule has 17 heavy (non-hydrogen) atoms. The number of hydrogen-bond donors (Lipinski definition) is 1. The van der Waals surface area contributed by atoms with Crippen molar-refractivity contribution in [3.05, 3.63) is 0 Å². The van der Waals surface area contributed by atoms with Crippen LogP contribution in [0.3, 0.4) is 0 Å².